The third-order valence-electron chi connectivity index (χ3n) is 4.66. The summed E-state index contributed by atoms with van der Waals surface area (Å²) in [5.74, 6) is 2.97. The molecule has 12 heavy (non-hydrogen) atoms. The van der Waals surface area contributed by atoms with Gasteiger partial charge in [-0.05, 0) is 42.4 Å². The fourth-order valence-corrected chi connectivity index (χ4v) is 3.52. The molecule has 1 spiro atoms. The van der Waals surface area contributed by atoms with Crippen LogP contribution in [0.15, 0.2) is 11.1 Å². The predicted octanol–water partition coefficient (Wildman–Crippen LogP) is 3.39. The predicted molar refractivity (Wildman–Crippen MR) is 50.8 cm³/mol. The van der Waals surface area contributed by atoms with E-state index in [1.54, 1.807) is 0 Å². The highest BCUT2D eigenvalue weighted by molar-refractivity contribution is 5.44. The molecule has 0 bridgehead atoms. The second kappa shape index (κ2) is 1.81. The van der Waals surface area contributed by atoms with Gasteiger partial charge in [-0.15, -0.1) is 0 Å². The molecule has 0 aromatic carbocycles. The molecule has 0 heterocycles. The highest BCUT2D eigenvalue weighted by Gasteiger charge is 2.64. The van der Waals surface area contributed by atoms with Crippen LogP contribution in [-0.4, -0.2) is 0 Å². The molecular weight excluding hydrogens is 144 g/mol. The highest BCUT2D eigenvalue weighted by atomic mass is 14.7. The summed E-state index contributed by atoms with van der Waals surface area (Å²) >= 11 is 0. The SMILES string of the molecule is CC1CC1=C1CC(C)C12CC2C. The van der Waals surface area contributed by atoms with E-state index in [9.17, 15) is 0 Å². The molecule has 3 fully saturated rings. The second-order valence-corrected chi connectivity index (χ2v) is 5.36. The Bertz CT molecular complexity index is 274. The third-order valence-corrected chi connectivity index (χ3v) is 4.66. The molecule has 3 aliphatic rings. The molecule has 3 aliphatic carbocycles. The first-order chi connectivity index (χ1) is 5.66. The van der Waals surface area contributed by atoms with Crippen LogP contribution in [0.1, 0.15) is 40.0 Å². The van der Waals surface area contributed by atoms with Crippen molar-refractivity contribution in [3.8, 4) is 0 Å². The Morgan fingerprint density at radius 1 is 1.08 bits per heavy atom. The number of hydrogen-bond donors (Lipinski definition) is 0. The van der Waals surface area contributed by atoms with Gasteiger partial charge >= 0.3 is 0 Å². The summed E-state index contributed by atoms with van der Waals surface area (Å²) in [4.78, 5) is 0. The van der Waals surface area contributed by atoms with Gasteiger partial charge in [-0.1, -0.05) is 31.9 Å². The molecule has 0 nitrogen and oxygen atoms in total. The van der Waals surface area contributed by atoms with Crippen molar-refractivity contribution in [2.24, 2.45) is 23.2 Å². The molecule has 0 aromatic heterocycles. The molecule has 4 atom stereocenters. The lowest BCUT2D eigenvalue weighted by molar-refractivity contribution is 0.251. The van der Waals surface area contributed by atoms with Crippen LogP contribution in [0.5, 0.6) is 0 Å². The maximum Gasteiger partial charge on any atom is -0.00278 e. The zero-order valence-electron chi connectivity index (χ0n) is 8.35. The minimum atomic E-state index is 0.750. The second-order valence-electron chi connectivity index (χ2n) is 5.36. The van der Waals surface area contributed by atoms with Crippen molar-refractivity contribution in [2.75, 3.05) is 0 Å². The quantitative estimate of drug-likeness (QED) is 0.479. The molecule has 3 saturated carbocycles. The lowest BCUT2D eigenvalue weighted by atomic mass is 9.65. The first-order valence-corrected chi connectivity index (χ1v) is 5.38. The zero-order valence-corrected chi connectivity index (χ0v) is 8.35. The Kier molecular flexibility index (Phi) is 1.08. The van der Waals surface area contributed by atoms with E-state index in [-0.39, 0.29) is 0 Å². The van der Waals surface area contributed by atoms with E-state index >= 15 is 0 Å². The fraction of sp³-hybridized carbons (Fsp3) is 0.833. The van der Waals surface area contributed by atoms with Crippen molar-refractivity contribution in [1.29, 1.82) is 0 Å². The maximum atomic E-state index is 2.45. The van der Waals surface area contributed by atoms with Gasteiger partial charge in [-0.25, -0.2) is 0 Å². The Labute approximate surface area is 75.0 Å². The fourth-order valence-electron chi connectivity index (χ4n) is 3.52. The Hall–Kier alpha value is -0.260. The van der Waals surface area contributed by atoms with Crippen molar-refractivity contribution in [2.45, 2.75) is 40.0 Å². The summed E-state index contributed by atoms with van der Waals surface area (Å²) in [6.07, 6.45) is 4.36. The summed E-state index contributed by atoms with van der Waals surface area (Å²) in [5.41, 5.74) is 4.49. The van der Waals surface area contributed by atoms with E-state index in [4.69, 9.17) is 0 Å². The molecule has 0 saturated heterocycles. The van der Waals surface area contributed by atoms with Crippen molar-refractivity contribution in [3.63, 3.8) is 0 Å². The lowest BCUT2D eigenvalue weighted by Gasteiger charge is -2.40. The minimum Gasteiger partial charge on any atom is -0.0667 e. The molecule has 0 N–H and O–H groups in total. The monoisotopic (exact) mass is 162 g/mol. The van der Waals surface area contributed by atoms with E-state index in [1.807, 2.05) is 11.1 Å². The van der Waals surface area contributed by atoms with Crippen molar-refractivity contribution in [1.82, 2.24) is 0 Å². The lowest BCUT2D eigenvalue weighted by Crippen LogP contribution is -2.30. The molecular formula is C12H18. The van der Waals surface area contributed by atoms with E-state index in [1.165, 1.54) is 19.3 Å². The maximum absolute atomic E-state index is 2.45. The molecule has 0 aromatic rings. The van der Waals surface area contributed by atoms with Crippen molar-refractivity contribution < 1.29 is 0 Å². The van der Waals surface area contributed by atoms with Gasteiger partial charge in [0.25, 0.3) is 0 Å². The summed E-state index contributed by atoms with van der Waals surface area (Å²) in [6.45, 7) is 7.26. The van der Waals surface area contributed by atoms with Crippen LogP contribution < -0.4 is 0 Å². The van der Waals surface area contributed by atoms with Gasteiger partial charge in [0.15, 0.2) is 0 Å². The van der Waals surface area contributed by atoms with E-state index in [2.05, 4.69) is 20.8 Å². The standard InChI is InChI=1S/C12H18/c1-7-4-10(7)11-5-8(2)12(11)6-9(12)3/h7-9H,4-6H2,1-3H3. The number of rotatable bonds is 0. The van der Waals surface area contributed by atoms with Crippen LogP contribution in [0.4, 0.5) is 0 Å². The van der Waals surface area contributed by atoms with Crippen molar-refractivity contribution in [3.05, 3.63) is 11.1 Å². The van der Waals surface area contributed by atoms with Crippen LogP contribution in [0.3, 0.4) is 0 Å². The molecule has 4 unspecified atom stereocenters. The van der Waals surface area contributed by atoms with Gasteiger partial charge in [-0.2, -0.15) is 0 Å². The molecule has 0 amide bonds. The zero-order chi connectivity index (χ0) is 8.51. The van der Waals surface area contributed by atoms with E-state index < -0.39 is 0 Å². The van der Waals surface area contributed by atoms with Gasteiger partial charge < -0.3 is 0 Å². The van der Waals surface area contributed by atoms with Crippen LogP contribution in [-0.2, 0) is 0 Å². The normalized spacial score (nSPS) is 61.8. The van der Waals surface area contributed by atoms with Gasteiger partial charge in [0.1, 0.15) is 0 Å². The van der Waals surface area contributed by atoms with Crippen molar-refractivity contribution >= 4 is 0 Å². The largest absolute Gasteiger partial charge is 0.0667 e. The van der Waals surface area contributed by atoms with Gasteiger partial charge in [0.2, 0.25) is 0 Å². The average Bonchev–Trinajstić information content (AvgIpc) is 2.86. The summed E-state index contributed by atoms with van der Waals surface area (Å²) in [5, 5.41) is 0. The molecule has 0 heteroatoms. The van der Waals surface area contributed by atoms with Gasteiger partial charge in [0, 0.05) is 0 Å². The first kappa shape index (κ1) is 7.17. The van der Waals surface area contributed by atoms with E-state index in [0.717, 1.165) is 23.2 Å². The molecule has 66 valence electrons. The van der Waals surface area contributed by atoms with E-state index in [0.29, 0.717) is 0 Å². The molecule has 0 aliphatic heterocycles. The Balaban J connectivity index is 1.93. The van der Waals surface area contributed by atoms with Gasteiger partial charge in [0.05, 0.1) is 0 Å². The smallest absolute Gasteiger partial charge is 0.00278 e. The topological polar surface area (TPSA) is 0 Å². The third kappa shape index (κ3) is 0.616. The highest BCUT2D eigenvalue weighted by Crippen LogP contribution is 2.73. The molecule has 0 radical (unpaired) electrons. The first-order valence-electron chi connectivity index (χ1n) is 5.38. The van der Waals surface area contributed by atoms with Crippen LogP contribution in [0.2, 0.25) is 0 Å². The average molecular weight is 162 g/mol. The number of allylic oxidation sites excluding steroid dienone is 2. The van der Waals surface area contributed by atoms with Crippen LogP contribution in [0, 0.1) is 23.2 Å². The van der Waals surface area contributed by atoms with Gasteiger partial charge in [-0.3, -0.25) is 0 Å². The summed E-state index contributed by atoms with van der Waals surface area (Å²) in [6, 6.07) is 0. The summed E-state index contributed by atoms with van der Waals surface area (Å²) < 4.78 is 0. The number of hydrogen-bond acceptors (Lipinski definition) is 0. The Morgan fingerprint density at radius 2 is 1.67 bits per heavy atom. The molecule has 3 rings (SSSR count). The van der Waals surface area contributed by atoms with Crippen LogP contribution >= 0.6 is 0 Å². The minimum absolute atomic E-state index is 0.750. The summed E-state index contributed by atoms with van der Waals surface area (Å²) in [7, 11) is 0. The Morgan fingerprint density at radius 3 is 2.00 bits per heavy atom. The van der Waals surface area contributed by atoms with Crippen LogP contribution in [0.25, 0.3) is 0 Å².